The summed E-state index contributed by atoms with van der Waals surface area (Å²) in [5, 5.41) is 17.5. The number of amides is 3. The van der Waals surface area contributed by atoms with Crippen LogP contribution in [-0.2, 0) is 0 Å². The SMILES string of the molecule is O=C(NCC(F)(F)F)c1ccc2c(n1)N(C(=O)Nc1ccccn1)[C@H]1CC[N+]2([O-])C1. The van der Waals surface area contributed by atoms with Gasteiger partial charge >= 0.3 is 12.2 Å². The summed E-state index contributed by atoms with van der Waals surface area (Å²) < 4.78 is 36.5. The second-order valence-corrected chi connectivity index (χ2v) is 7.09. The van der Waals surface area contributed by atoms with E-state index in [-0.39, 0.29) is 36.1 Å². The van der Waals surface area contributed by atoms with E-state index in [1.165, 1.54) is 23.2 Å². The Morgan fingerprint density at radius 2 is 2.07 bits per heavy atom. The first-order chi connectivity index (χ1) is 14.2. The highest BCUT2D eigenvalue weighted by Gasteiger charge is 2.48. The Kier molecular flexibility index (Phi) is 4.82. The van der Waals surface area contributed by atoms with Crippen LogP contribution in [0, 0.1) is 5.21 Å². The van der Waals surface area contributed by atoms with E-state index in [1.54, 1.807) is 23.5 Å². The van der Waals surface area contributed by atoms with E-state index in [1.807, 2.05) is 0 Å². The highest BCUT2D eigenvalue weighted by molar-refractivity contribution is 6.04. The molecule has 0 aliphatic carbocycles. The summed E-state index contributed by atoms with van der Waals surface area (Å²) in [4.78, 5) is 34.5. The van der Waals surface area contributed by atoms with Crippen molar-refractivity contribution in [3.05, 3.63) is 47.4 Å². The maximum Gasteiger partial charge on any atom is 0.405 e. The smallest absolute Gasteiger partial charge is 0.405 e. The first-order valence-corrected chi connectivity index (χ1v) is 9.12. The largest absolute Gasteiger partial charge is 0.627 e. The van der Waals surface area contributed by atoms with Gasteiger partial charge in [0, 0.05) is 18.7 Å². The minimum Gasteiger partial charge on any atom is -0.627 e. The fourth-order valence-electron chi connectivity index (χ4n) is 3.69. The van der Waals surface area contributed by atoms with Crippen LogP contribution >= 0.6 is 0 Å². The minimum absolute atomic E-state index is 0.0353. The zero-order valence-electron chi connectivity index (χ0n) is 15.5. The monoisotopic (exact) mass is 422 g/mol. The number of hydrogen-bond acceptors (Lipinski definition) is 5. The van der Waals surface area contributed by atoms with Gasteiger partial charge in [-0.2, -0.15) is 13.2 Å². The summed E-state index contributed by atoms with van der Waals surface area (Å²) in [6.45, 7) is -1.16. The van der Waals surface area contributed by atoms with E-state index in [4.69, 9.17) is 0 Å². The normalized spacial score (nSPS) is 22.4. The van der Waals surface area contributed by atoms with Gasteiger partial charge in [0.1, 0.15) is 24.6 Å². The van der Waals surface area contributed by atoms with Gasteiger partial charge in [-0.1, -0.05) is 6.07 Å². The number of halogens is 3. The molecule has 2 aromatic heterocycles. The minimum atomic E-state index is -4.58. The summed E-state index contributed by atoms with van der Waals surface area (Å²) in [5.74, 6) is -0.799. The van der Waals surface area contributed by atoms with Crippen molar-refractivity contribution in [2.24, 2.45) is 0 Å². The lowest BCUT2D eigenvalue weighted by Gasteiger charge is -2.44. The number of nitrogens with zero attached hydrogens (tertiary/aromatic N) is 4. The number of rotatable bonds is 3. The average Bonchev–Trinajstić information content (AvgIpc) is 3.04. The second kappa shape index (κ2) is 7.22. The molecule has 2 aromatic rings. The fraction of sp³-hybridized carbons (Fsp3) is 0.333. The first-order valence-electron chi connectivity index (χ1n) is 9.12. The second-order valence-electron chi connectivity index (χ2n) is 7.09. The van der Waals surface area contributed by atoms with E-state index in [9.17, 15) is 28.0 Å². The van der Waals surface area contributed by atoms with Gasteiger partial charge < -0.3 is 15.2 Å². The molecule has 0 radical (unpaired) electrons. The number of aromatic nitrogens is 2. The zero-order chi connectivity index (χ0) is 21.5. The molecule has 30 heavy (non-hydrogen) atoms. The van der Waals surface area contributed by atoms with Crippen LogP contribution in [0.2, 0.25) is 0 Å². The van der Waals surface area contributed by atoms with Gasteiger partial charge in [0.05, 0.1) is 12.6 Å². The summed E-state index contributed by atoms with van der Waals surface area (Å²) in [7, 11) is 0. The van der Waals surface area contributed by atoms with Crippen molar-refractivity contribution in [1.82, 2.24) is 19.9 Å². The number of carbonyl (C=O) groups is 2. The average molecular weight is 422 g/mol. The maximum atomic E-state index is 13.1. The molecule has 2 aliphatic rings. The Hall–Kier alpha value is -3.25. The predicted molar refractivity (Wildman–Crippen MR) is 102 cm³/mol. The molecule has 2 bridgehead atoms. The van der Waals surface area contributed by atoms with Gasteiger partial charge in [0.25, 0.3) is 5.91 Å². The van der Waals surface area contributed by atoms with Gasteiger partial charge in [-0.25, -0.2) is 14.8 Å². The van der Waals surface area contributed by atoms with Crippen molar-refractivity contribution in [3.8, 4) is 0 Å². The lowest BCUT2D eigenvalue weighted by molar-refractivity contribution is -0.123. The predicted octanol–water partition coefficient (Wildman–Crippen LogP) is 2.40. The molecular formula is C18H17F3N6O3. The molecule has 158 valence electrons. The quantitative estimate of drug-likeness (QED) is 0.583. The standard InChI is InChI=1S/C18H17F3N6O3/c19-18(20,21)10-23-16(28)12-4-5-13-15(24-12)26(11-6-8-27(13,30)9-11)17(29)25-14-3-1-2-7-22-14/h1-5,7,11H,6,8-10H2,(H,23,28)(H,22,25,29)/t11-,27?/m0/s1. The van der Waals surface area contributed by atoms with Crippen LogP contribution < -0.4 is 20.2 Å². The number of hydroxylamine groups is 2. The number of alkyl halides is 3. The molecule has 4 heterocycles. The lowest BCUT2D eigenvalue weighted by atomic mass is 10.1. The van der Waals surface area contributed by atoms with E-state index in [2.05, 4.69) is 15.3 Å². The Labute approximate surface area is 168 Å². The number of carbonyl (C=O) groups excluding carboxylic acids is 2. The van der Waals surface area contributed by atoms with E-state index < -0.39 is 35.3 Å². The third kappa shape index (κ3) is 3.78. The Bertz CT molecular complexity index is 987. The van der Waals surface area contributed by atoms with Crippen LogP contribution in [0.15, 0.2) is 36.5 Å². The molecule has 0 saturated carbocycles. The molecule has 9 nitrogen and oxygen atoms in total. The molecule has 2 atom stereocenters. The molecule has 4 rings (SSSR count). The topological polar surface area (TPSA) is 110 Å². The molecule has 3 amide bonds. The summed E-state index contributed by atoms with van der Waals surface area (Å²) in [6, 6.07) is 6.44. The Balaban J connectivity index is 1.66. The van der Waals surface area contributed by atoms with Crippen LogP contribution in [0.1, 0.15) is 16.9 Å². The Morgan fingerprint density at radius 1 is 1.27 bits per heavy atom. The molecule has 1 unspecified atom stereocenters. The van der Waals surface area contributed by atoms with Crippen LogP contribution in [0.3, 0.4) is 0 Å². The zero-order valence-corrected chi connectivity index (χ0v) is 15.5. The van der Waals surface area contributed by atoms with Gasteiger partial charge in [-0.15, -0.1) is 0 Å². The van der Waals surface area contributed by atoms with Crippen molar-refractivity contribution in [2.45, 2.75) is 18.6 Å². The van der Waals surface area contributed by atoms with Crippen LogP contribution in [0.5, 0.6) is 0 Å². The molecule has 2 N–H and O–H groups in total. The summed E-state index contributed by atoms with van der Waals surface area (Å²) >= 11 is 0. The van der Waals surface area contributed by atoms with Crippen LogP contribution in [-0.4, -0.2) is 53.8 Å². The van der Waals surface area contributed by atoms with Crippen molar-refractivity contribution in [3.63, 3.8) is 0 Å². The van der Waals surface area contributed by atoms with E-state index in [0.717, 1.165) is 0 Å². The summed E-state index contributed by atoms with van der Waals surface area (Å²) in [6.07, 6.45) is -2.66. The van der Waals surface area contributed by atoms with Gasteiger partial charge in [-0.05, 0) is 18.2 Å². The fourth-order valence-corrected chi connectivity index (χ4v) is 3.69. The lowest BCUT2D eigenvalue weighted by Crippen LogP contribution is -2.54. The van der Waals surface area contributed by atoms with E-state index in [0.29, 0.717) is 6.42 Å². The molecule has 1 saturated heterocycles. The van der Waals surface area contributed by atoms with Gasteiger partial charge in [0.2, 0.25) is 5.82 Å². The third-order valence-corrected chi connectivity index (χ3v) is 5.02. The molecule has 1 fully saturated rings. The van der Waals surface area contributed by atoms with Gasteiger partial charge in [-0.3, -0.25) is 15.0 Å². The number of anilines is 2. The van der Waals surface area contributed by atoms with Gasteiger partial charge in [0.15, 0.2) is 5.69 Å². The molecule has 12 heteroatoms. The molecule has 0 spiro atoms. The molecule has 0 aromatic carbocycles. The number of hydrogen-bond donors (Lipinski definition) is 2. The number of fused-ring (bicyclic) bond motifs is 4. The number of urea groups is 1. The number of nitrogens with one attached hydrogen (secondary N) is 2. The summed E-state index contributed by atoms with van der Waals surface area (Å²) in [5.41, 5.74) is -0.130. The van der Waals surface area contributed by atoms with Crippen molar-refractivity contribution in [1.29, 1.82) is 0 Å². The van der Waals surface area contributed by atoms with Crippen molar-refractivity contribution in [2.75, 3.05) is 29.9 Å². The van der Waals surface area contributed by atoms with Crippen molar-refractivity contribution >= 4 is 29.3 Å². The highest BCUT2D eigenvalue weighted by atomic mass is 19.4. The molecular weight excluding hydrogens is 405 g/mol. The first kappa shape index (κ1) is 20.0. The maximum absolute atomic E-state index is 13.1. The van der Waals surface area contributed by atoms with E-state index >= 15 is 0 Å². The van der Waals surface area contributed by atoms with Crippen molar-refractivity contribution < 1.29 is 22.8 Å². The van der Waals surface area contributed by atoms with Crippen LogP contribution in [0.25, 0.3) is 0 Å². The van der Waals surface area contributed by atoms with Crippen LogP contribution in [0.4, 0.5) is 35.3 Å². The third-order valence-electron chi connectivity index (χ3n) is 5.02. The molecule has 2 aliphatic heterocycles. The highest BCUT2D eigenvalue weighted by Crippen LogP contribution is 2.43. The number of pyridine rings is 2. The Morgan fingerprint density at radius 3 is 2.77 bits per heavy atom. The number of quaternary nitrogens is 1.